The van der Waals surface area contributed by atoms with Crippen LogP contribution in [0.3, 0.4) is 0 Å². The first-order chi connectivity index (χ1) is 19.2. The Morgan fingerprint density at radius 2 is 1.88 bits per heavy atom. The van der Waals surface area contributed by atoms with E-state index in [0.717, 1.165) is 36.5 Å². The van der Waals surface area contributed by atoms with Gasteiger partial charge in [0.2, 0.25) is 0 Å². The number of fused-ring (bicyclic) bond motifs is 2. The number of carbonyl (C=O) groups excluding carboxylic acids is 2. The average Bonchev–Trinajstić information content (AvgIpc) is 3.54. The van der Waals surface area contributed by atoms with Crippen LogP contribution in [0, 0.1) is 0 Å². The fourth-order valence-electron chi connectivity index (χ4n) is 5.04. The maximum Gasteiger partial charge on any atom is 0.417 e. The predicted molar refractivity (Wildman–Crippen MR) is 147 cm³/mol. The van der Waals surface area contributed by atoms with Crippen molar-refractivity contribution in [2.75, 3.05) is 23.3 Å². The van der Waals surface area contributed by atoms with Gasteiger partial charge in [-0.15, -0.1) is 0 Å². The van der Waals surface area contributed by atoms with E-state index in [0.29, 0.717) is 39.5 Å². The number of pyridine rings is 2. The highest BCUT2D eigenvalue weighted by Crippen LogP contribution is 2.38. The minimum absolute atomic E-state index is 0.00328. The third kappa shape index (κ3) is 4.81. The Balaban J connectivity index is 1.36. The minimum Gasteiger partial charge on any atom is -0.443 e. The lowest BCUT2D eigenvalue weighted by molar-refractivity contribution is 0.0248. The van der Waals surface area contributed by atoms with Crippen LogP contribution in [0.1, 0.15) is 49.5 Å². The van der Waals surface area contributed by atoms with E-state index in [9.17, 15) is 14.7 Å². The molecule has 12 nitrogen and oxygen atoms in total. The molecule has 6 rings (SSSR count). The molecular weight excluding hydrogens is 512 g/mol. The molecule has 2 aliphatic rings. The number of anilines is 3. The van der Waals surface area contributed by atoms with Crippen LogP contribution in [-0.2, 0) is 11.3 Å². The Hall–Kier alpha value is -4.58. The summed E-state index contributed by atoms with van der Waals surface area (Å²) < 4.78 is 7.16. The quantitative estimate of drug-likeness (QED) is 0.392. The van der Waals surface area contributed by atoms with Crippen LogP contribution in [0.4, 0.5) is 22.0 Å². The lowest BCUT2D eigenvalue weighted by atomic mass is 10.0. The van der Waals surface area contributed by atoms with E-state index in [1.54, 1.807) is 62.3 Å². The number of aliphatic hydroxyl groups is 1. The molecule has 2 amide bonds. The van der Waals surface area contributed by atoms with Crippen molar-refractivity contribution in [3.05, 3.63) is 60.3 Å². The summed E-state index contributed by atoms with van der Waals surface area (Å²) in [4.78, 5) is 43.7. The molecule has 0 aromatic carbocycles. The molecule has 1 saturated heterocycles. The van der Waals surface area contributed by atoms with E-state index in [1.165, 1.54) is 0 Å². The van der Waals surface area contributed by atoms with Gasteiger partial charge in [0.25, 0.3) is 5.91 Å². The first kappa shape index (κ1) is 25.7. The van der Waals surface area contributed by atoms with Gasteiger partial charge in [-0.1, -0.05) is 0 Å². The van der Waals surface area contributed by atoms with E-state index in [-0.39, 0.29) is 12.6 Å². The minimum atomic E-state index is -0.764. The number of carbonyl (C=O) groups is 2. The predicted octanol–water partition coefficient (Wildman–Crippen LogP) is 3.78. The summed E-state index contributed by atoms with van der Waals surface area (Å²) in [5.41, 5.74) is 3.36. The Bertz CT molecular complexity index is 1590. The van der Waals surface area contributed by atoms with Crippen LogP contribution < -0.4 is 10.2 Å². The number of ether oxygens (including phenoxy) is 1. The number of nitrogens with one attached hydrogen (secondary N) is 1. The SMILES string of the molecule is CC(C)(C)OC(=O)N1Cc2c(-c3ccnn4ccnc34)ncc(Nc3ccc(N4CCC(O)CC4)cn3)c2C1=O. The molecule has 0 unspecified atom stereocenters. The van der Waals surface area contributed by atoms with Gasteiger partial charge in [0.05, 0.1) is 47.7 Å². The van der Waals surface area contributed by atoms with Crippen LogP contribution in [0.25, 0.3) is 16.9 Å². The summed E-state index contributed by atoms with van der Waals surface area (Å²) in [6.07, 6.45) is 8.83. The molecule has 2 N–H and O–H groups in total. The van der Waals surface area contributed by atoms with Crippen molar-refractivity contribution in [2.45, 2.75) is 51.9 Å². The van der Waals surface area contributed by atoms with Gasteiger partial charge >= 0.3 is 6.09 Å². The number of imide groups is 1. The summed E-state index contributed by atoms with van der Waals surface area (Å²) in [5, 5.41) is 17.3. The van der Waals surface area contributed by atoms with E-state index >= 15 is 0 Å². The average molecular weight is 543 g/mol. The Morgan fingerprint density at radius 3 is 2.60 bits per heavy atom. The van der Waals surface area contributed by atoms with Gasteiger partial charge in [-0.25, -0.2) is 24.2 Å². The second-order valence-corrected chi connectivity index (χ2v) is 10.9. The number of piperidine rings is 1. The summed E-state index contributed by atoms with van der Waals surface area (Å²) in [5.74, 6) is 0.0490. The van der Waals surface area contributed by atoms with Gasteiger partial charge in [-0.05, 0) is 51.8 Å². The second-order valence-electron chi connectivity index (χ2n) is 10.9. The summed E-state index contributed by atoms with van der Waals surface area (Å²) in [6.45, 7) is 6.80. The molecule has 0 bridgehead atoms. The molecule has 0 aliphatic carbocycles. The number of hydrogen-bond donors (Lipinski definition) is 2. The molecule has 6 heterocycles. The lowest BCUT2D eigenvalue weighted by Gasteiger charge is -2.31. The van der Waals surface area contributed by atoms with Crippen LogP contribution in [0.15, 0.2) is 49.2 Å². The van der Waals surface area contributed by atoms with Crippen LogP contribution in [0.2, 0.25) is 0 Å². The number of amides is 2. The normalized spacial score (nSPS) is 15.9. The monoisotopic (exact) mass is 542 g/mol. The van der Waals surface area contributed by atoms with Crippen molar-refractivity contribution < 1.29 is 19.4 Å². The van der Waals surface area contributed by atoms with Crippen molar-refractivity contribution in [3.63, 3.8) is 0 Å². The summed E-state index contributed by atoms with van der Waals surface area (Å²) >= 11 is 0. The van der Waals surface area contributed by atoms with Crippen LogP contribution >= 0.6 is 0 Å². The first-order valence-corrected chi connectivity index (χ1v) is 13.2. The fraction of sp³-hybridized carbons (Fsp3) is 0.357. The highest BCUT2D eigenvalue weighted by molar-refractivity contribution is 6.11. The smallest absolute Gasteiger partial charge is 0.417 e. The molecule has 4 aromatic heterocycles. The first-order valence-electron chi connectivity index (χ1n) is 13.2. The van der Waals surface area contributed by atoms with Crippen molar-refractivity contribution >= 4 is 34.8 Å². The Morgan fingerprint density at radius 1 is 1.07 bits per heavy atom. The Labute approximate surface area is 230 Å². The van der Waals surface area contributed by atoms with Gasteiger partial charge in [-0.2, -0.15) is 5.10 Å². The topological polar surface area (TPSA) is 138 Å². The third-order valence-corrected chi connectivity index (χ3v) is 6.96. The standard InChI is InChI=1S/C28H30N8O4/c1-28(2,3)40-27(39)35-16-20-23(26(35)38)21(15-31-24(20)19-6-9-32-36-13-10-29-25(19)36)33-22-5-4-17(14-30-22)34-11-7-18(37)8-12-34/h4-6,9-10,13-15,18,37H,7-8,11-12,16H2,1-3H3,(H,30,33). The number of nitrogens with zero attached hydrogens (tertiary/aromatic N) is 7. The fourth-order valence-corrected chi connectivity index (χ4v) is 5.04. The molecular formula is C28H30N8O4. The van der Waals surface area contributed by atoms with Gasteiger partial charge in [0.1, 0.15) is 11.4 Å². The maximum atomic E-state index is 13.7. The summed E-state index contributed by atoms with van der Waals surface area (Å²) in [7, 11) is 0. The van der Waals surface area contributed by atoms with E-state index < -0.39 is 17.6 Å². The Kier molecular flexibility index (Phi) is 6.34. The molecule has 0 saturated carbocycles. The molecule has 40 heavy (non-hydrogen) atoms. The second kappa shape index (κ2) is 9.87. The molecule has 206 valence electrons. The highest BCUT2D eigenvalue weighted by atomic mass is 16.6. The molecule has 0 radical (unpaired) electrons. The van der Waals surface area contributed by atoms with Crippen LogP contribution in [-0.4, -0.2) is 71.4 Å². The molecule has 2 aliphatic heterocycles. The van der Waals surface area contributed by atoms with Gasteiger partial charge in [0.15, 0.2) is 5.65 Å². The van der Waals surface area contributed by atoms with E-state index in [2.05, 4.69) is 25.3 Å². The number of imidazole rings is 1. The largest absolute Gasteiger partial charge is 0.443 e. The number of rotatable bonds is 4. The summed E-state index contributed by atoms with van der Waals surface area (Å²) in [6, 6.07) is 5.58. The van der Waals surface area contributed by atoms with Gasteiger partial charge < -0.3 is 20.1 Å². The lowest BCUT2D eigenvalue weighted by Crippen LogP contribution is -2.37. The third-order valence-electron chi connectivity index (χ3n) is 6.96. The molecule has 4 aromatic rings. The highest BCUT2D eigenvalue weighted by Gasteiger charge is 2.39. The van der Waals surface area contributed by atoms with Crippen molar-refractivity contribution in [3.8, 4) is 11.3 Å². The van der Waals surface area contributed by atoms with Crippen molar-refractivity contribution in [2.24, 2.45) is 0 Å². The van der Waals surface area contributed by atoms with Crippen molar-refractivity contribution in [1.29, 1.82) is 0 Å². The zero-order valence-corrected chi connectivity index (χ0v) is 22.5. The van der Waals surface area contributed by atoms with E-state index in [4.69, 9.17) is 9.72 Å². The zero-order chi connectivity index (χ0) is 28.0. The van der Waals surface area contributed by atoms with Crippen LogP contribution in [0.5, 0.6) is 0 Å². The van der Waals surface area contributed by atoms with Crippen molar-refractivity contribution in [1.82, 2.24) is 29.5 Å². The van der Waals surface area contributed by atoms with E-state index in [1.807, 2.05) is 12.1 Å². The van der Waals surface area contributed by atoms with Gasteiger partial charge in [0, 0.05) is 42.8 Å². The number of aromatic nitrogens is 5. The van der Waals surface area contributed by atoms with Gasteiger partial charge in [-0.3, -0.25) is 9.78 Å². The molecule has 0 atom stereocenters. The number of hydrogen-bond acceptors (Lipinski definition) is 10. The molecule has 1 fully saturated rings. The zero-order valence-electron chi connectivity index (χ0n) is 22.5. The maximum absolute atomic E-state index is 13.7. The molecule has 12 heteroatoms. The molecule has 0 spiro atoms. The number of aliphatic hydroxyl groups excluding tert-OH is 1.